The Kier molecular flexibility index (Phi) is 9.79. The van der Waals surface area contributed by atoms with Gasteiger partial charge in [0.2, 0.25) is 0 Å². The maximum Gasteiger partial charge on any atom is 0.337 e. The zero-order valence-corrected chi connectivity index (χ0v) is 15.2. The number of benzene rings is 1. The number of carbonyl (C=O) groups is 1. The number of thioether (sulfide) groups is 1. The Bertz CT molecular complexity index is 440. The summed E-state index contributed by atoms with van der Waals surface area (Å²) < 4.78 is 5.65. The predicted octanol–water partition coefficient (Wildman–Crippen LogP) is 4.25. The van der Waals surface area contributed by atoms with Gasteiger partial charge in [-0.25, -0.2) is 4.79 Å². The third-order valence-electron chi connectivity index (χ3n) is 3.24. The number of rotatable bonds is 10. The maximum absolute atomic E-state index is 11.4. The first-order chi connectivity index (χ1) is 10.2. The average molecular weight is 374 g/mol. The number of halogens is 1. The molecule has 0 saturated heterocycles. The van der Waals surface area contributed by atoms with Gasteiger partial charge in [0.25, 0.3) is 0 Å². The summed E-state index contributed by atoms with van der Waals surface area (Å²) in [4.78, 5) is 11.4. The molecule has 0 unspecified atom stereocenters. The van der Waals surface area contributed by atoms with Crippen LogP contribution in [-0.4, -0.2) is 31.6 Å². The summed E-state index contributed by atoms with van der Waals surface area (Å²) in [6.07, 6.45) is 7.30. The highest BCUT2D eigenvalue weighted by molar-refractivity contribution is 9.10. The minimum Gasteiger partial charge on any atom is -0.465 e. The molecule has 0 spiro atoms. The molecule has 0 aliphatic rings. The van der Waals surface area contributed by atoms with Crippen molar-refractivity contribution >= 4 is 33.7 Å². The third kappa shape index (κ3) is 7.34. The van der Waals surface area contributed by atoms with E-state index in [-0.39, 0.29) is 5.97 Å². The van der Waals surface area contributed by atoms with Crippen molar-refractivity contribution < 1.29 is 9.53 Å². The molecule has 5 heteroatoms. The van der Waals surface area contributed by atoms with E-state index >= 15 is 0 Å². The van der Waals surface area contributed by atoms with Crippen LogP contribution in [0.4, 0.5) is 0 Å². The summed E-state index contributed by atoms with van der Waals surface area (Å²) in [7, 11) is 1.39. The van der Waals surface area contributed by atoms with Crippen LogP contribution in [-0.2, 0) is 11.3 Å². The van der Waals surface area contributed by atoms with Gasteiger partial charge in [0.05, 0.1) is 12.7 Å². The Morgan fingerprint density at radius 2 is 2.05 bits per heavy atom. The fourth-order valence-corrected chi connectivity index (χ4v) is 3.02. The van der Waals surface area contributed by atoms with Gasteiger partial charge in [0.1, 0.15) is 0 Å². The summed E-state index contributed by atoms with van der Waals surface area (Å²) in [5.74, 6) is 0.966. The first-order valence-electron chi connectivity index (χ1n) is 7.25. The summed E-state index contributed by atoms with van der Waals surface area (Å²) in [6, 6.07) is 5.57. The van der Waals surface area contributed by atoms with Crippen molar-refractivity contribution in [2.45, 2.75) is 32.2 Å². The minimum atomic E-state index is -0.305. The van der Waals surface area contributed by atoms with Gasteiger partial charge >= 0.3 is 5.97 Å². The van der Waals surface area contributed by atoms with Crippen molar-refractivity contribution in [3.8, 4) is 0 Å². The molecule has 0 fully saturated rings. The quantitative estimate of drug-likeness (QED) is 0.491. The Balaban J connectivity index is 2.25. The van der Waals surface area contributed by atoms with Crippen molar-refractivity contribution in [2.75, 3.05) is 25.7 Å². The molecule has 3 nitrogen and oxygen atoms in total. The molecule has 0 aliphatic heterocycles. The van der Waals surface area contributed by atoms with Gasteiger partial charge in [-0.2, -0.15) is 11.8 Å². The lowest BCUT2D eigenvalue weighted by Gasteiger charge is -2.08. The Morgan fingerprint density at radius 1 is 1.29 bits per heavy atom. The second-order valence-electron chi connectivity index (χ2n) is 4.88. The molecule has 0 bridgehead atoms. The molecule has 0 aromatic heterocycles. The SMILES string of the molecule is COC(=O)c1ccc(CNCCCCCCSC)c(Br)c1. The smallest absolute Gasteiger partial charge is 0.337 e. The predicted molar refractivity (Wildman–Crippen MR) is 94.0 cm³/mol. The van der Waals surface area contributed by atoms with E-state index in [4.69, 9.17) is 4.74 Å². The van der Waals surface area contributed by atoms with E-state index < -0.39 is 0 Å². The maximum atomic E-state index is 11.4. The molecule has 1 rings (SSSR count). The van der Waals surface area contributed by atoms with Crippen LogP contribution in [0.2, 0.25) is 0 Å². The topological polar surface area (TPSA) is 38.3 Å². The van der Waals surface area contributed by atoms with Crippen LogP contribution in [0.5, 0.6) is 0 Å². The summed E-state index contributed by atoms with van der Waals surface area (Å²) in [5, 5.41) is 3.44. The molecule has 0 heterocycles. The van der Waals surface area contributed by atoms with Gasteiger partial charge in [0.15, 0.2) is 0 Å². The van der Waals surface area contributed by atoms with Gasteiger partial charge in [-0.05, 0) is 49.1 Å². The van der Waals surface area contributed by atoms with Crippen molar-refractivity contribution in [1.82, 2.24) is 5.32 Å². The molecule has 0 saturated carbocycles. The monoisotopic (exact) mass is 373 g/mol. The normalized spacial score (nSPS) is 10.6. The molecule has 118 valence electrons. The zero-order valence-electron chi connectivity index (χ0n) is 12.8. The molecule has 1 aromatic rings. The van der Waals surface area contributed by atoms with E-state index in [0.717, 1.165) is 23.1 Å². The first kappa shape index (κ1) is 18.5. The Hall–Kier alpha value is -0.520. The standard InChI is InChI=1S/C16H24BrNO2S/c1-20-16(19)13-7-8-14(15(17)11-13)12-18-9-5-3-4-6-10-21-2/h7-8,11,18H,3-6,9-10,12H2,1-2H3. The number of esters is 1. The number of ether oxygens (including phenoxy) is 1. The lowest BCUT2D eigenvalue weighted by Crippen LogP contribution is -2.15. The Labute approximate surface area is 140 Å². The highest BCUT2D eigenvalue weighted by atomic mass is 79.9. The van der Waals surface area contributed by atoms with Gasteiger partial charge in [0, 0.05) is 11.0 Å². The highest BCUT2D eigenvalue weighted by Crippen LogP contribution is 2.19. The lowest BCUT2D eigenvalue weighted by molar-refractivity contribution is 0.0600. The molecule has 0 aliphatic carbocycles. The van der Waals surface area contributed by atoms with Crippen LogP contribution in [0.15, 0.2) is 22.7 Å². The van der Waals surface area contributed by atoms with Gasteiger partial charge in [-0.1, -0.05) is 34.8 Å². The molecule has 21 heavy (non-hydrogen) atoms. The molecular weight excluding hydrogens is 350 g/mol. The van der Waals surface area contributed by atoms with E-state index in [1.54, 1.807) is 6.07 Å². The summed E-state index contributed by atoms with van der Waals surface area (Å²) in [6.45, 7) is 1.84. The second kappa shape index (κ2) is 11.1. The van der Waals surface area contributed by atoms with Crippen LogP contribution in [0.3, 0.4) is 0 Å². The van der Waals surface area contributed by atoms with Crippen molar-refractivity contribution in [2.24, 2.45) is 0 Å². The van der Waals surface area contributed by atoms with Crippen molar-refractivity contribution in [3.63, 3.8) is 0 Å². The average Bonchev–Trinajstić information content (AvgIpc) is 2.50. The van der Waals surface area contributed by atoms with Gasteiger partial charge < -0.3 is 10.1 Å². The van der Waals surface area contributed by atoms with E-state index in [1.165, 1.54) is 38.5 Å². The van der Waals surface area contributed by atoms with E-state index in [2.05, 4.69) is 27.5 Å². The molecule has 1 N–H and O–H groups in total. The molecular formula is C16H24BrNO2S. The number of carbonyl (C=O) groups excluding carboxylic acids is 1. The Morgan fingerprint density at radius 3 is 2.71 bits per heavy atom. The van der Waals surface area contributed by atoms with E-state index in [0.29, 0.717) is 5.56 Å². The minimum absolute atomic E-state index is 0.305. The highest BCUT2D eigenvalue weighted by Gasteiger charge is 2.08. The summed E-state index contributed by atoms with van der Waals surface area (Å²) in [5.41, 5.74) is 1.73. The number of unbranched alkanes of at least 4 members (excludes halogenated alkanes) is 3. The fraction of sp³-hybridized carbons (Fsp3) is 0.562. The van der Waals surface area contributed by atoms with Crippen LogP contribution in [0, 0.1) is 0 Å². The number of nitrogens with one attached hydrogen (secondary N) is 1. The molecule has 1 aromatic carbocycles. The van der Waals surface area contributed by atoms with Crippen LogP contribution >= 0.6 is 27.7 Å². The molecule has 0 amide bonds. The second-order valence-corrected chi connectivity index (χ2v) is 6.72. The molecule has 0 atom stereocenters. The molecule has 0 radical (unpaired) electrons. The third-order valence-corrected chi connectivity index (χ3v) is 4.68. The van der Waals surface area contributed by atoms with Crippen LogP contribution in [0.1, 0.15) is 41.6 Å². The van der Waals surface area contributed by atoms with E-state index in [1.807, 2.05) is 23.9 Å². The van der Waals surface area contributed by atoms with Crippen LogP contribution < -0.4 is 5.32 Å². The number of methoxy groups -OCH3 is 1. The number of hydrogen-bond acceptors (Lipinski definition) is 4. The number of hydrogen-bond donors (Lipinski definition) is 1. The van der Waals surface area contributed by atoms with E-state index in [9.17, 15) is 4.79 Å². The van der Waals surface area contributed by atoms with Crippen LogP contribution in [0.25, 0.3) is 0 Å². The zero-order chi connectivity index (χ0) is 15.5. The lowest BCUT2D eigenvalue weighted by atomic mass is 10.1. The largest absolute Gasteiger partial charge is 0.465 e. The van der Waals surface area contributed by atoms with Gasteiger partial charge in [-0.3, -0.25) is 0 Å². The van der Waals surface area contributed by atoms with Crippen molar-refractivity contribution in [3.05, 3.63) is 33.8 Å². The van der Waals surface area contributed by atoms with Gasteiger partial charge in [-0.15, -0.1) is 0 Å². The summed E-state index contributed by atoms with van der Waals surface area (Å²) >= 11 is 5.43. The van der Waals surface area contributed by atoms with Crippen molar-refractivity contribution in [1.29, 1.82) is 0 Å². The fourth-order valence-electron chi connectivity index (χ4n) is 2.01. The first-order valence-corrected chi connectivity index (χ1v) is 9.44.